The van der Waals surface area contributed by atoms with Crippen LogP contribution in [0.3, 0.4) is 0 Å². The van der Waals surface area contributed by atoms with Crippen molar-refractivity contribution in [3.63, 3.8) is 0 Å². The molecule has 0 N–H and O–H groups in total. The molecule has 1 unspecified atom stereocenters. The third-order valence-corrected chi connectivity index (χ3v) is 4.16. The molecule has 0 spiro atoms. The maximum Gasteiger partial charge on any atom is 0.296 e. The smallest absolute Gasteiger partial charge is 0.244 e. The largest absolute Gasteiger partial charge is 0.296 e. The van der Waals surface area contributed by atoms with E-state index in [1.807, 2.05) is 34.6 Å². The van der Waals surface area contributed by atoms with Gasteiger partial charge in [-0.1, -0.05) is 25.5 Å². The molecule has 5 heteroatoms. The van der Waals surface area contributed by atoms with Crippen molar-refractivity contribution >= 4 is 0 Å². The predicted molar refractivity (Wildman–Crippen MR) is 74.8 cm³/mol. The zero-order valence-corrected chi connectivity index (χ0v) is 13.1. The lowest BCUT2D eigenvalue weighted by Gasteiger charge is -2.31. The Morgan fingerprint density at radius 2 is 1.90 bits per heavy atom. The van der Waals surface area contributed by atoms with Gasteiger partial charge in [0.1, 0.15) is 0 Å². The van der Waals surface area contributed by atoms with Gasteiger partial charge in [-0.15, -0.1) is 5.10 Å². The monoisotopic (exact) mass is 285 g/mol. The molecular formula is C15H25F2N3. The normalized spacial score (nSPS) is 23.3. The fourth-order valence-electron chi connectivity index (χ4n) is 3.09. The summed E-state index contributed by atoms with van der Waals surface area (Å²) in [6.45, 7) is 9.65. The lowest BCUT2D eigenvalue weighted by Crippen LogP contribution is -2.34. The summed E-state index contributed by atoms with van der Waals surface area (Å²) in [6, 6.07) is 0. The second-order valence-corrected chi connectivity index (χ2v) is 7.19. The van der Waals surface area contributed by atoms with Gasteiger partial charge in [0.15, 0.2) is 5.69 Å². The zero-order valence-electron chi connectivity index (χ0n) is 13.1. The van der Waals surface area contributed by atoms with E-state index in [0.717, 1.165) is 12.8 Å². The van der Waals surface area contributed by atoms with Gasteiger partial charge >= 0.3 is 0 Å². The first kappa shape index (κ1) is 15.4. The van der Waals surface area contributed by atoms with E-state index < -0.39 is 11.8 Å². The molecule has 1 aromatic rings. The number of fused-ring (bicyclic) bond motifs is 1. The molecule has 0 aromatic carbocycles. The summed E-state index contributed by atoms with van der Waals surface area (Å²) in [6.07, 6.45) is 2.97. The quantitative estimate of drug-likeness (QED) is 0.777. The average molecular weight is 285 g/mol. The Hall–Kier alpha value is -1.00. The number of nitrogens with zero attached hydrogens (tertiary/aromatic N) is 3. The summed E-state index contributed by atoms with van der Waals surface area (Å²) in [5.41, 5.74) is 0.210. The fourth-order valence-corrected chi connectivity index (χ4v) is 3.09. The lowest BCUT2D eigenvalue weighted by molar-refractivity contribution is -0.0921. The number of hydrogen-bond donors (Lipinski definition) is 0. The Kier molecular flexibility index (Phi) is 3.91. The number of aromatic nitrogens is 3. The van der Waals surface area contributed by atoms with Gasteiger partial charge in [0, 0.05) is 5.92 Å². The molecule has 0 bridgehead atoms. The predicted octanol–water partition coefficient (Wildman–Crippen LogP) is 4.12. The molecular weight excluding hydrogens is 260 g/mol. The molecule has 0 fully saturated rings. The van der Waals surface area contributed by atoms with Gasteiger partial charge in [-0.05, 0) is 46.0 Å². The lowest BCUT2D eigenvalue weighted by atomic mass is 9.81. The van der Waals surface area contributed by atoms with E-state index in [0.29, 0.717) is 18.5 Å². The molecule has 2 rings (SSSR count). The van der Waals surface area contributed by atoms with Gasteiger partial charge in [-0.25, -0.2) is 4.68 Å². The number of hydrogen-bond acceptors (Lipinski definition) is 2. The number of rotatable bonds is 1. The Morgan fingerprint density at radius 3 is 2.45 bits per heavy atom. The van der Waals surface area contributed by atoms with Gasteiger partial charge in [-0.3, -0.25) is 0 Å². The van der Waals surface area contributed by atoms with Crippen LogP contribution in [0.25, 0.3) is 0 Å². The SMILES string of the molecule is CC(C)C1CCCCc2c(nnn2C(C)(C)C)C1(F)F. The van der Waals surface area contributed by atoms with E-state index in [1.165, 1.54) is 0 Å². The molecule has 1 atom stereocenters. The van der Waals surface area contributed by atoms with Crippen LogP contribution in [0.2, 0.25) is 0 Å². The Bertz CT molecular complexity index is 472. The van der Waals surface area contributed by atoms with Gasteiger partial charge in [0.05, 0.1) is 11.2 Å². The van der Waals surface area contributed by atoms with E-state index >= 15 is 0 Å². The number of halogens is 2. The number of alkyl halides is 2. The molecule has 0 saturated carbocycles. The van der Waals surface area contributed by atoms with E-state index in [1.54, 1.807) is 4.68 Å². The Balaban J connectivity index is 2.53. The highest BCUT2D eigenvalue weighted by Crippen LogP contribution is 2.45. The molecule has 1 aliphatic rings. The minimum absolute atomic E-state index is 0.0595. The topological polar surface area (TPSA) is 30.7 Å². The van der Waals surface area contributed by atoms with Crippen LogP contribution < -0.4 is 0 Å². The molecule has 1 heterocycles. The summed E-state index contributed by atoms with van der Waals surface area (Å²) < 4.78 is 31.4. The molecule has 0 aliphatic heterocycles. The summed E-state index contributed by atoms with van der Waals surface area (Å²) in [5.74, 6) is -3.59. The van der Waals surface area contributed by atoms with Crippen molar-refractivity contribution in [3.8, 4) is 0 Å². The highest BCUT2D eigenvalue weighted by Gasteiger charge is 2.48. The minimum Gasteiger partial charge on any atom is -0.244 e. The van der Waals surface area contributed by atoms with Crippen molar-refractivity contribution in [2.24, 2.45) is 11.8 Å². The first-order valence-corrected chi connectivity index (χ1v) is 7.49. The van der Waals surface area contributed by atoms with E-state index in [4.69, 9.17) is 0 Å². The molecule has 1 aromatic heterocycles. The first-order valence-electron chi connectivity index (χ1n) is 7.49. The summed E-state index contributed by atoms with van der Waals surface area (Å²) in [4.78, 5) is 0. The van der Waals surface area contributed by atoms with Gasteiger partial charge in [-0.2, -0.15) is 8.78 Å². The van der Waals surface area contributed by atoms with Crippen molar-refractivity contribution < 1.29 is 8.78 Å². The van der Waals surface area contributed by atoms with Crippen LogP contribution in [0, 0.1) is 11.8 Å². The third-order valence-electron chi connectivity index (χ3n) is 4.16. The molecule has 0 radical (unpaired) electrons. The van der Waals surface area contributed by atoms with E-state index in [-0.39, 0.29) is 17.2 Å². The molecule has 0 amide bonds. The van der Waals surface area contributed by atoms with Crippen molar-refractivity contribution in [1.29, 1.82) is 0 Å². The van der Waals surface area contributed by atoms with Crippen LogP contribution in [0.1, 0.15) is 65.3 Å². The fraction of sp³-hybridized carbons (Fsp3) is 0.867. The maximum absolute atomic E-state index is 14.8. The second kappa shape index (κ2) is 5.08. The highest BCUT2D eigenvalue weighted by atomic mass is 19.3. The van der Waals surface area contributed by atoms with Gasteiger partial charge in [0.25, 0.3) is 5.92 Å². The van der Waals surface area contributed by atoms with Crippen LogP contribution in [0.5, 0.6) is 0 Å². The van der Waals surface area contributed by atoms with Gasteiger partial charge in [0.2, 0.25) is 0 Å². The first-order chi connectivity index (χ1) is 9.15. The molecule has 1 aliphatic carbocycles. The molecule has 114 valence electrons. The summed E-state index contributed by atoms with van der Waals surface area (Å²) >= 11 is 0. The Morgan fingerprint density at radius 1 is 1.25 bits per heavy atom. The zero-order chi connectivity index (χ0) is 15.1. The van der Waals surface area contributed by atoms with Crippen LogP contribution >= 0.6 is 0 Å². The highest BCUT2D eigenvalue weighted by molar-refractivity contribution is 5.20. The Labute approximate surface area is 119 Å². The van der Waals surface area contributed by atoms with Crippen LogP contribution in [0.4, 0.5) is 8.78 Å². The van der Waals surface area contributed by atoms with Crippen molar-refractivity contribution in [2.45, 2.75) is 71.8 Å². The second-order valence-electron chi connectivity index (χ2n) is 7.19. The van der Waals surface area contributed by atoms with Crippen LogP contribution in [0.15, 0.2) is 0 Å². The minimum atomic E-state index is -2.88. The van der Waals surface area contributed by atoms with Crippen LogP contribution in [-0.4, -0.2) is 15.0 Å². The molecule has 20 heavy (non-hydrogen) atoms. The van der Waals surface area contributed by atoms with Gasteiger partial charge < -0.3 is 0 Å². The molecule has 0 saturated heterocycles. The van der Waals surface area contributed by atoms with Crippen LogP contribution in [-0.2, 0) is 17.9 Å². The van der Waals surface area contributed by atoms with Crippen molar-refractivity contribution in [2.75, 3.05) is 0 Å². The maximum atomic E-state index is 14.8. The van der Waals surface area contributed by atoms with Crippen molar-refractivity contribution in [1.82, 2.24) is 15.0 Å². The summed E-state index contributed by atoms with van der Waals surface area (Å²) in [7, 11) is 0. The van der Waals surface area contributed by atoms with E-state index in [9.17, 15) is 8.78 Å². The van der Waals surface area contributed by atoms with Crippen molar-refractivity contribution in [3.05, 3.63) is 11.4 Å². The molecule has 3 nitrogen and oxygen atoms in total. The third kappa shape index (κ3) is 2.59. The average Bonchev–Trinajstić information content (AvgIpc) is 2.69. The van der Waals surface area contributed by atoms with E-state index in [2.05, 4.69) is 10.3 Å². The standard InChI is InChI=1S/C15H25F2N3/c1-10(2)11-8-6-7-9-12-13(15(11,16)17)18-19-20(12)14(3,4)5/h10-11H,6-9H2,1-5H3. The summed E-state index contributed by atoms with van der Waals surface area (Å²) in [5, 5.41) is 7.90.